The van der Waals surface area contributed by atoms with Crippen LogP contribution in [0.1, 0.15) is 40.5 Å². The molecule has 1 aliphatic rings. The second-order valence-electron chi connectivity index (χ2n) is 5.69. The molecule has 0 radical (unpaired) electrons. The molecule has 1 heterocycles. The van der Waals surface area contributed by atoms with Gasteiger partial charge in [0.1, 0.15) is 6.04 Å². The van der Waals surface area contributed by atoms with Crippen LogP contribution in [0.3, 0.4) is 0 Å². The highest BCUT2D eigenvalue weighted by Crippen LogP contribution is 2.24. The number of nitrogens with one attached hydrogen (secondary N) is 1. The third kappa shape index (κ3) is 3.44. The topological polar surface area (TPSA) is 56.1 Å². The van der Waals surface area contributed by atoms with E-state index < -0.39 is 0 Å². The Kier molecular flexibility index (Phi) is 4.53. The van der Waals surface area contributed by atoms with Gasteiger partial charge in [-0.3, -0.25) is 9.69 Å². The lowest BCUT2D eigenvalue weighted by Gasteiger charge is -2.36. The van der Waals surface area contributed by atoms with Crippen molar-refractivity contribution in [3.05, 3.63) is 0 Å². The number of amides is 1. The number of nitriles is 1. The van der Waals surface area contributed by atoms with E-state index in [1.807, 2.05) is 0 Å². The molecule has 1 fully saturated rings. The molecule has 0 aliphatic carbocycles. The van der Waals surface area contributed by atoms with Crippen molar-refractivity contribution in [1.29, 1.82) is 5.26 Å². The van der Waals surface area contributed by atoms with Crippen LogP contribution < -0.4 is 5.32 Å². The largest absolute Gasteiger partial charge is 0.354 e. The van der Waals surface area contributed by atoms with Gasteiger partial charge in [-0.15, -0.1) is 0 Å². The number of carbonyl (C=O) groups is 1. The molecule has 4 heteroatoms. The highest BCUT2D eigenvalue weighted by atomic mass is 16.2. The first-order valence-corrected chi connectivity index (χ1v) is 6.31. The Morgan fingerprint density at radius 3 is 2.82 bits per heavy atom. The molecule has 1 rings (SSSR count). The Balaban J connectivity index is 2.96. The number of hydrogen-bond donors (Lipinski definition) is 1. The summed E-state index contributed by atoms with van der Waals surface area (Å²) in [5.74, 6) is -0.00238. The molecule has 0 aromatic rings. The van der Waals surface area contributed by atoms with E-state index in [-0.39, 0.29) is 23.8 Å². The summed E-state index contributed by atoms with van der Waals surface area (Å²) in [6, 6.07) is 2.16. The van der Waals surface area contributed by atoms with Crippen LogP contribution in [0.25, 0.3) is 0 Å². The van der Waals surface area contributed by atoms with Crippen LogP contribution >= 0.6 is 0 Å². The Labute approximate surface area is 104 Å². The number of rotatable bonds is 3. The van der Waals surface area contributed by atoms with Gasteiger partial charge >= 0.3 is 0 Å². The lowest BCUT2D eigenvalue weighted by atomic mass is 9.92. The minimum absolute atomic E-state index is 0.00238. The minimum atomic E-state index is -0.295. The molecular formula is C13H23N3O. The van der Waals surface area contributed by atoms with Gasteiger partial charge < -0.3 is 5.32 Å². The molecule has 4 nitrogen and oxygen atoms in total. The van der Waals surface area contributed by atoms with Crippen molar-refractivity contribution >= 4 is 5.91 Å². The van der Waals surface area contributed by atoms with Crippen LogP contribution in [0.15, 0.2) is 0 Å². The summed E-state index contributed by atoms with van der Waals surface area (Å²) in [5.41, 5.74) is 0.0588. The quantitative estimate of drug-likeness (QED) is 0.809. The van der Waals surface area contributed by atoms with Gasteiger partial charge in [0.25, 0.3) is 0 Å². The van der Waals surface area contributed by atoms with E-state index in [4.69, 9.17) is 5.26 Å². The molecule has 0 bridgehead atoms. The molecule has 1 aliphatic heterocycles. The number of hydrogen-bond acceptors (Lipinski definition) is 3. The van der Waals surface area contributed by atoms with Crippen molar-refractivity contribution in [2.45, 2.75) is 52.6 Å². The van der Waals surface area contributed by atoms with Crippen molar-refractivity contribution < 1.29 is 4.79 Å². The molecule has 0 aromatic heterocycles. The fourth-order valence-electron chi connectivity index (χ4n) is 2.25. The van der Waals surface area contributed by atoms with Crippen LogP contribution in [0.4, 0.5) is 0 Å². The van der Waals surface area contributed by atoms with Crippen LogP contribution in [-0.2, 0) is 4.79 Å². The molecule has 96 valence electrons. The Morgan fingerprint density at radius 1 is 1.65 bits per heavy atom. The van der Waals surface area contributed by atoms with Crippen LogP contribution in [0.5, 0.6) is 0 Å². The van der Waals surface area contributed by atoms with E-state index in [1.165, 1.54) is 0 Å². The van der Waals surface area contributed by atoms with Gasteiger partial charge in [0.05, 0.1) is 12.5 Å². The molecule has 1 amide bonds. The average molecular weight is 237 g/mol. The molecule has 0 aromatic carbocycles. The maximum atomic E-state index is 12.0. The smallest absolute Gasteiger partial charge is 0.238 e. The SMILES string of the molecule is CCC(C)N1CC(C)(C)CNC(=O)C1CC#N. The van der Waals surface area contributed by atoms with E-state index in [0.717, 1.165) is 13.0 Å². The van der Waals surface area contributed by atoms with E-state index in [1.54, 1.807) is 0 Å². The summed E-state index contributed by atoms with van der Waals surface area (Å²) in [6.45, 7) is 10.1. The third-order valence-electron chi connectivity index (χ3n) is 3.50. The van der Waals surface area contributed by atoms with Crippen LogP contribution in [-0.4, -0.2) is 36.0 Å². The van der Waals surface area contributed by atoms with E-state index in [0.29, 0.717) is 12.6 Å². The highest BCUT2D eigenvalue weighted by molar-refractivity contribution is 5.82. The lowest BCUT2D eigenvalue weighted by Crippen LogP contribution is -2.48. The van der Waals surface area contributed by atoms with Crippen molar-refractivity contribution in [2.75, 3.05) is 13.1 Å². The van der Waals surface area contributed by atoms with Gasteiger partial charge in [-0.05, 0) is 18.8 Å². The van der Waals surface area contributed by atoms with Crippen molar-refractivity contribution in [3.63, 3.8) is 0 Å². The average Bonchev–Trinajstić information content (AvgIpc) is 2.39. The number of nitrogens with zero attached hydrogens (tertiary/aromatic N) is 2. The zero-order valence-corrected chi connectivity index (χ0v) is 11.3. The lowest BCUT2D eigenvalue weighted by molar-refractivity contribution is -0.126. The molecule has 0 spiro atoms. The first-order valence-electron chi connectivity index (χ1n) is 6.31. The third-order valence-corrected chi connectivity index (χ3v) is 3.50. The summed E-state index contributed by atoms with van der Waals surface area (Å²) < 4.78 is 0. The van der Waals surface area contributed by atoms with E-state index in [2.05, 4.69) is 44.0 Å². The summed E-state index contributed by atoms with van der Waals surface area (Å²) >= 11 is 0. The summed E-state index contributed by atoms with van der Waals surface area (Å²) in [5, 5.41) is 11.8. The van der Waals surface area contributed by atoms with E-state index >= 15 is 0 Å². The van der Waals surface area contributed by atoms with Gasteiger partial charge in [0, 0.05) is 19.1 Å². The predicted octanol–water partition coefficient (Wildman–Crippen LogP) is 1.53. The fourth-order valence-corrected chi connectivity index (χ4v) is 2.25. The first kappa shape index (κ1) is 14.0. The second-order valence-corrected chi connectivity index (χ2v) is 5.69. The fraction of sp³-hybridized carbons (Fsp3) is 0.846. The summed E-state index contributed by atoms with van der Waals surface area (Å²) in [6.07, 6.45) is 1.26. The van der Waals surface area contributed by atoms with Gasteiger partial charge in [0.2, 0.25) is 5.91 Å². The number of carbonyl (C=O) groups excluding carboxylic acids is 1. The zero-order chi connectivity index (χ0) is 13.1. The van der Waals surface area contributed by atoms with Gasteiger partial charge in [-0.2, -0.15) is 5.26 Å². The minimum Gasteiger partial charge on any atom is -0.354 e. The summed E-state index contributed by atoms with van der Waals surface area (Å²) in [4.78, 5) is 14.2. The van der Waals surface area contributed by atoms with Crippen LogP contribution in [0, 0.1) is 16.7 Å². The standard InChI is InChI=1S/C13H23N3O/c1-5-10(2)16-9-13(3,4)8-15-12(17)11(16)6-7-14/h10-11H,5-6,8-9H2,1-4H3,(H,15,17). The van der Waals surface area contributed by atoms with Gasteiger partial charge in [0.15, 0.2) is 0 Å². The Hall–Kier alpha value is -1.08. The molecule has 1 saturated heterocycles. The molecule has 1 N–H and O–H groups in total. The Bertz CT molecular complexity index is 319. The van der Waals surface area contributed by atoms with Crippen molar-refractivity contribution in [2.24, 2.45) is 5.41 Å². The maximum absolute atomic E-state index is 12.0. The molecule has 17 heavy (non-hydrogen) atoms. The monoisotopic (exact) mass is 237 g/mol. The highest BCUT2D eigenvalue weighted by Gasteiger charge is 2.36. The van der Waals surface area contributed by atoms with Crippen molar-refractivity contribution in [1.82, 2.24) is 10.2 Å². The Morgan fingerprint density at radius 2 is 2.29 bits per heavy atom. The first-order chi connectivity index (χ1) is 7.91. The molecule has 2 atom stereocenters. The molecule has 2 unspecified atom stereocenters. The van der Waals surface area contributed by atoms with Crippen LogP contribution in [0.2, 0.25) is 0 Å². The van der Waals surface area contributed by atoms with Crippen molar-refractivity contribution in [3.8, 4) is 6.07 Å². The zero-order valence-electron chi connectivity index (χ0n) is 11.3. The second kappa shape index (κ2) is 5.50. The predicted molar refractivity (Wildman–Crippen MR) is 67.3 cm³/mol. The van der Waals surface area contributed by atoms with E-state index in [9.17, 15) is 4.79 Å². The maximum Gasteiger partial charge on any atom is 0.238 e. The van der Waals surface area contributed by atoms with Gasteiger partial charge in [-0.1, -0.05) is 20.8 Å². The van der Waals surface area contributed by atoms with Gasteiger partial charge in [-0.25, -0.2) is 0 Å². The normalized spacial score (nSPS) is 26.8. The molecular weight excluding hydrogens is 214 g/mol. The molecule has 0 saturated carbocycles. The summed E-state index contributed by atoms with van der Waals surface area (Å²) in [7, 11) is 0.